The van der Waals surface area contributed by atoms with Gasteiger partial charge in [0.1, 0.15) is 0 Å². The Kier molecular flexibility index (Phi) is 30.3. The van der Waals surface area contributed by atoms with Gasteiger partial charge in [0.15, 0.2) is 0 Å². The molecular weight excluding hydrogens is 333 g/mol. The lowest BCUT2D eigenvalue weighted by Crippen LogP contribution is -2.15. The SMILES string of the molecule is CCCCCCCCCCCCCCCCCCCCCCNCCC.F. The first kappa shape index (κ1) is 29.1. The van der Waals surface area contributed by atoms with E-state index in [4.69, 9.17) is 0 Å². The molecule has 0 spiro atoms. The fraction of sp³-hybridized carbons (Fsp3) is 1.00. The number of nitrogens with one attached hydrogen (secondary N) is 1. The summed E-state index contributed by atoms with van der Waals surface area (Å²) in [5.74, 6) is 0. The molecule has 0 unspecified atom stereocenters. The average Bonchev–Trinajstić information content (AvgIpc) is 2.66. The van der Waals surface area contributed by atoms with Crippen molar-refractivity contribution < 1.29 is 4.70 Å². The molecule has 0 aromatic rings. The molecule has 0 saturated heterocycles. The van der Waals surface area contributed by atoms with E-state index in [2.05, 4.69) is 19.2 Å². The molecule has 0 atom stereocenters. The maximum Gasteiger partial charge on any atom is -0.00489 e. The summed E-state index contributed by atoms with van der Waals surface area (Å²) in [5, 5.41) is 3.49. The summed E-state index contributed by atoms with van der Waals surface area (Å²) in [5.41, 5.74) is 0. The Bertz CT molecular complexity index is 208. The largest absolute Gasteiger partial charge is 0.317 e. The Morgan fingerprint density at radius 3 is 0.926 bits per heavy atom. The molecule has 0 aromatic carbocycles. The number of rotatable bonds is 23. The van der Waals surface area contributed by atoms with E-state index in [9.17, 15) is 0 Å². The zero-order valence-corrected chi connectivity index (χ0v) is 19.2. The predicted molar refractivity (Wildman–Crippen MR) is 124 cm³/mol. The zero-order chi connectivity index (χ0) is 19.0. The molecule has 1 nitrogen and oxygen atoms in total. The monoisotopic (exact) mass is 387 g/mol. The number of hydrogen-bond acceptors (Lipinski definition) is 1. The predicted octanol–water partition coefficient (Wildman–Crippen LogP) is 8.96. The fourth-order valence-electron chi connectivity index (χ4n) is 3.81. The van der Waals surface area contributed by atoms with Gasteiger partial charge in [-0.25, -0.2) is 0 Å². The van der Waals surface area contributed by atoms with Crippen LogP contribution in [0.1, 0.15) is 149 Å². The third-order valence-electron chi connectivity index (χ3n) is 5.63. The van der Waals surface area contributed by atoms with Crippen LogP contribution in [-0.2, 0) is 0 Å². The molecule has 0 aliphatic carbocycles. The van der Waals surface area contributed by atoms with E-state index in [1.165, 1.54) is 148 Å². The first-order chi connectivity index (χ1) is 12.9. The van der Waals surface area contributed by atoms with Crippen LogP contribution in [-0.4, -0.2) is 13.1 Å². The summed E-state index contributed by atoms with van der Waals surface area (Å²) in [6.45, 7) is 6.96. The van der Waals surface area contributed by atoms with Crippen LogP contribution in [0.3, 0.4) is 0 Å². The highest BCUT2D eigenvalue weighted by Crippen LogP contribution is 2.14. The van der Waals surface area contributed by atoms with Gasteiger partial charge >= 0.3 is 0 Å². The number of halogens is 1. The summed E-state index contributed by atoms with van der Waals surface area (Å²) >= 11 is 0. The minimum Gasteiger partial charge on any atom is -0.317 e. The van der Waals surface area contributed by atoms with Gasteiger partial charge in [-0.2, -0.15) is 0 Å². The quantitative estimate of drug-likeness (QED) is 0.172. The van der Waals surface area contributed by atoms with Crippen LogP contribution in [0.25, 0.3) is 0 Å². The standard InChI is InChI=1S/C25H53N.FH/c1-3-5-6-7-8-9-10-11-12-13-14-15-16-17-18-19-20-21-22-23-25-26-24-4-2;/h26H,3-25H2,1-2H3;1H. The van der Waals surface area contributed by atoms with Crippen molar-refractivity contribution in [3.63, 3.8) is 0 Å². The lowest BCUT2D eigenvalue weighted by atomic mass is 10.0. The van der Waals surface area contributed by atoms with Crippen LogP contribution < -0.4 is 5.32 Å². The maximum absolute atomic E-state index is 3.49. The Labute approximate surface area is 172 Å². The summed E-state index contributed by atoms with van der Waals surface area (Å²) in [6.07, 6.45) is 30.5. The van der Waals surface area contributed by atoms with Gasteiger partial charge in [-0.1, -0.05) is 136 Å². The molecule has 0 heterocycles. The zero-order valence-electron chi connectivity index (χ0n) is 19.2. The van der Waals surface area contributed by atoms with Crippen LogP contribution in [0.15, 0.2) is 0 Å². The van der Waals surface area contributed by atoms with Crippen molar-refractivity contribution >= 4 is 0 Å². The van der Waals surface area contributed by atoms with Crippen molar-refractivity contribution in [3.05, 3.63) is 0 Å². The lowest BCUT2D eigenvalue weighted by molar-refractivity contribution is 0.519. The van der Waals surface area contributed by atoms with Gasteiger partial charge in [0.25, 0.3) is 0 Å². The third kappa shape index (κ3) is 28.2. The first-order valence-corrected chi connectivity index (χ1v) is 12.6. The van der Waals surface area contributed by atoms with Crippen molar-refractivity contribution in [3.8, 4) is 0 Å². The van der Waals surface area contributed by atoms with Crippen molar-refractivity contribution in [1.29, 1.82) is 0 Å². The maximum atomic E-state index is 3.49. The minimum absolute atomic E-state index is 0. The Balaban J connectivity index is 0. The smallest absolute Gasteiger partial charge is 0.00489 e. The summed E-state index contributed by atoms with van der Waals surface area (Å²) in [6, 6.07) is 0. The van der Waals surface area contributed by atoms with Crippen LogP contribution in [0, 0.1) is 0 Å². The lowest BCUT2D eigenvalue weighted by Gasteiger charge is -2.04. The fourth-order valence-corrected chi connectivity index (χ4v) is 3.81. The van der Waals surface area contributed by atoms with E-state index in [1.54, 1.807) is 0 Å². The highest BCUT2D eigenvalue weighted by atomic mass is 19.0. The van der Waals surface area contributed by atoms with Crippen molar-refractivity contribution in [2.45, 2.75) is 149 Å². The molecule has 0 radical (unpaired) electrons. The number of hydrogen-bond donors (Lipinski definition) is 1. The second kappa shape index (κ2) is 28.1. The molecule has 2 heteroatoms. The molecule has 0 aromatic heterocycles. The average molecular weight is 388 g/mol. The Hall–Kier alpha value is -0.110. The van der Waals surface area contributed by atoms with Gasteiger partial charge in [0.2, 0.25) is 0 Å². The van der Waals surface area contributed by atoms with E-state index < -0.39 is 0 Å². The van der Waals surface area contributed by atoms with Crippen LogP contribution in [0.5, 0.6) is 0 Å². The van der Waals surface area contributed by atoms with E-state index in [-0.39, 0.29) is 4.70 Å². The van der Waals surface area contributed by atoms with E-state index >= 15 is 0 Å². The minimum atomic E-state index is 0. The molecule has 0 aliphatic heterocycles. The van der Waals surface area contributed by atoms with Gasteiger partial charge in [-0.3, -0.25) is 4.70 Å². The topological polar surface area (TPSA) is 12.0 Å². The normalized spacial score (nSPS) is 10.9. The molecule has 0 aliphatic rings. The second-order valence-electron chi connectivity index (χ2n) is 8.47. The molecular formula is C25H54FN. The van der Waals surface area contributed by atoms with E-state index in [0.29, 0.717) is 0 Å². The van der Waals surface area contributed by atoms with Gasteiger partial charge in [-0.05, 0) is 25.9 Å². The second-order valence-corrected chi connectivity index (χ2v) is 8.47. The van der Waals surface area contributed by atoms with Gasteiger partial charge in [-0.15, -0.1) is 0 Å². The van der Waals surface area contributed by atoms with Gasteiger partial charge in [0, 0.05) is 0 Å². The highest BCUT2D eigenvalue weighted by Gasteiger charge is 1.95. The molecule has 27 heavy (non-hydrogen) atoms. The Morgan fingerprint density at radius 2 is 0.630 bits per heavy atom. The van der Waals surface area contributed by atoms with Crippen molar-refractivity contribution in [2.24, 2.45) is 0 Å². The molecule has 0 fully saturated rings. The molecule has 1 N–H and O–H groups in total. The third-order valence-corrected chi connectivity index (χ3v) is 5.63. The van der Waals surface area contributed by atoms with Gasteiger partial charge < -0.3 is 5.32 Å². The van der Waals surface area contributed by atoms with Crippen molar-refractivity contribution in [2.75, 3.05) is 13.1 Å². The van der Waals surface area contributed by atoms with Crippen molar-refractivity contribution in [1.82, 2.24) is 5.32 Å². The summed E-state index contributed by atoms with van der Waals surface area (Å²) in [7, 11) is 0. The first-order valence-electron chi connectivity index (χ1n) is 12.6. The molecule has 0 bridgehead atoms. The number of unbranched alkanes of at least 4 members (excludes halogenated alkanes) is 19. The highest BCUT2D eigenvalue weighted by molar-refractivity contribution is 4.52. The van der Waals surface area contributed by atoms with Gasteiger partial charge in [0.05, 0.1) is 0 Å². The Morgan fingerprint density at radius 1 is 0.333 bits per heavy atom. The van der Waals surface area contributed by atoms with Crippen LogP contribution >= 0.6 is 0 Å². The summed E-state index contributed by atoms with van der Waals surface area (Å²) < 4.78 is 0. The van der Waals surface area contributed by atoms with E-state index in [0.717, 1.165) is 0 Å². The van der Waals surface area contributed by atoms with Crippen LogP contribution in [0.2, 0.25) is 0 Å². The van der Waals surface area contributed by atoms with Crippen LogP contribution in [0.4, 0.5) is 4.70 Å². The molecule has 166 valence electrons. The molecule has 0 amide bonds. The molecule has 0 rings (SSSR count). The van der Waals surface area contributed by atoms with E-state index in [1.807, 2.05) is 0 Å². The molecule has 0 saturated carbocycles. The summed E-state index contributed by atoms with van der Waals surface area (Å²) in [4.78, 5) is 0.